The minimum absolute atomic E-state index is 0.251. The van der Waals surface area contributed by atoms with Gasteiger partial charge in [-0.2, -0.15) is 0 Å². The van der Waals surface area contributed by atoms with Crippen molar-refractivity contribution in [1.82, 2.24) is 14.5 Å². The van der Waals surface area contributed by atoms with E-state index in [1.807, 2.05) is 0 Å². The second-order valence-corrected chi connectivity index (χ2v) is 5.78. The molecule has 1 aromatic carbocycles. The van der Waals surface area contributed by atoms with Gasteiger partial charge in [0.05, 0.1) is 15.9 Å². The highest BCUT2D eigenvalue weighted by Gasteiger charge is 2.11. The zero-order valence-corrected chi connectivity index (χ0v) is 13.1. The molecule has 0 spiro atoms. The summed E-state index contributed by atoms with van der Waals surface area (Å²) in [5.41, 5.74) is 0.412. The molecule has 1 N–H and O–H groups in total. The van der Waals surface area contributed by atoms with Crippen LogP contribution in [0.5, 0.6) is 0 Å². The lowest BCUT2D eigenvalue weighted by atomic mass is 10.2. The Bertz CT molecular complexity index is 935. The number of aromatic amines is 1. The van der Waals surface area contributed by atoms with Gasteiger partial charge in [0.15, 0.2) is 10.6 Å². The Morgan fingerprint density at radius 1 is 1.35 bits per heavy atom. The molecule has 0 aliphatic rings. The van der Waals surface area contributed by atoms with E-state index in [1.54, 1.807) is 36.5 Å². The Balaban J connectivity index is 2.44. The Morgan fingerprint density at radius 3 is 2.90 bits per heavy atom. The lowest BCUT2D eigenvalue weighted by molar-refractivity contribution is 0.901. The molecule has 0 atom stereocenters. The van der Waals surface area contributed by atoms with E-state index in [2.05, 4.69) is 25.9 Å². The first-order valence-corrected chi connectivity index (χ1v) is 7.21. The number of aromatic nitrogens is 3. The molecular formula is C13H7BrClN3OS. The molecule has 3 rings (SSSR count). The van der Waals surface area contributed by atoms with Crippen LogP contribution < -0.4 is 5.56 Å². The lowest BCUT2D eigenvalue weighted by Gasteiger charge is -2.08. The quantitative estimate of drug-likeness (QED) is 0.664. The van der Waals surface area contributed by atoms with Gasteiger partial charge in [-0.1, -0.05) is 27.5 Å². The minimum Gasteiger partial charge on any atom is -0.331 e. The SMILES string of the molecule is O=c1c2ccc(Br)cc2[nH]c(=S)n1-c1ncccc1Cl. The number of benzene rings is 1. The van der Waals surface area contributed by atoms with Crippen molar-refractivity contribution in [3.63, 3.8) is 0 Å². The van der Waals surface area contributed by atoms with Gasteiger partial charge in [-0.3, -0.25) is 4.79 Å². The third-order valence-electron chi connectivity index (χ3n) is 2.81. The number of halogens is 2. The zero-order valence-electron chi connectivity index (χ0n) is 9.93. The number of pyridine rings is 1. The van der Waals surface area contributed by atoms with Gasteiger partial charge in [0.25, 0.3) is 5.56 Å². The van der Waals surface area contributed by atoms with Gasteiger partial charge in [-0.15, -0.1) is 0 Å². The normalized spacial score (nSPS) is 10.9. The van der Waals surface area contributed by atoms with Crippen LogP contribution in [0.2, 0.25) is 5.02 Å². The van der Waals surface area contributed by atoms with Crippen LogP contribution in [0.15, 0.2) is 45.8 Å². The fourth-order valence-corrected chi connectivity index (χ4v) is 2.77. The topological polar surface area (TPSA) is 50.7 Å². The molecule has 7 heteroatoms. The number of nitrogens with zero attached hydrogens (tertiary/aromatic N) is 2. The van der Waals surface area contributed by atoms with Crippen molar-refractivity contribution in [1.29, 1.82) is 0 Å². The fraction of sp³-hybridized carbons (Fsp3) is 0. The number of H-pyrrole nitrogens is 1. The summed E-state index contributed by atoms with van der Waals surface area (Å²) in [5.74, 6) is 0.324. The largest absolute Gasteiger partial charge is 0.331 e. The zero-order chi connectivity index (χ0) is 14.3. The first-order chi connectivity index (χ1) is 9.58. The lowest BCUT2D eigenvalue weighted by Crippen LogP contribution is -2.21. The minimum atomic E-state index is -0.253. The molecule has 0 radical (unpaired) electrons. The van der Waals surface area contributed by atoms with Gasteiger partial charge in [0, 0.05) is 10.7 Å². The average molecular weight is 369 g/mol. The van der Waals surface area contributed by atoms with Crippen LogP contribution in [-0.4, -0.2) is 14.5 Å². The van der Waals surface area contributed by atoms with Crippen molar-refractivity contribution in [3.8, 4) is 5.82 Å². The van der Waals surface area contributed by atoms with E-state index in [1.165, 1.54) is 4.57 Å². The molecular weight excluding hydrogens is 362 g/mol. The Kier molecular flexibility index (Phi) is 3.45. The molecule has 0 saturated carbocycles. The molecule has 20 heavy (non-hydrogen) atoms. The van der Waals surface area contributed by atoms with Crippen LogP contribution >= 0.6 is 39.7 Å². The monoisotopic (exact) mass is 367 g/mol. The molecule has 4 nitrogen and oxygen atoms in total. The van der Waals surface area contributed by atoms with Crippen molar-refractivity contribution in [2.45, 2.75) is 0 Å². The van der Waals surface area contributed by atoms with Crippen LogP contribution in [0.1, 0.15) is 0 Å². The van der Waals surface area contributed by atoms with Crippen LogP contribution in [0.3, 0.4) is 0 Å². The molecule has 2 heterocycles. The van der Waals surface area contributed by atoms with E-state index in [0.717, 1.165) is 4.47 Å². The van der Waals surface area contributed by atoms with Crippen LogP contribution in [0.4, 0.5) is 0 Å². The molecule has 0 aliphatic carbocycles. The van der Waals surface area contributed by atoms with Gasteiger partial charge < -0.3 is 4.98 Å². The predicted octanol–water partition coefficient (Wildman–Crippen LogP) is 3.86. The van der Waals surface area contributed by atoms with E-state index in [-0.39, 0.29) is 10.3 Å². The summed E-state index contributed by atoms with van der Waals surface area (Å²) in [7, 11) is 0. The Hall–Kier alpha value is -1.50. The number of nitrogens with one attached hydrogen (secondary N) is 1. The first kappa shape index (κ1) is 13.5. The number of hydrogen-bond acceptors (Lipinski definition) is 3. The van der Waals surface area contributed by atoms with Crippen LogP contribution in [0, 0.1) is 4.77 Å². The summed E-state index contributed by atoms with van der Waals surface area (Å²) >= 11 is 14.7. The molecule has 0 saturated heterocycles. The van der Waals surface area contributed by atoms with E-state index >= 15 is 0 Å². The number of rotatable bonds is 1. The third kappa shape index (κ3) is 2.19. The third-order valence-corrected chi connectivity index (χ3v) is 3.88. The summed E-state index contributed by atoms with van der Waals surface area (Å²) in [6.45, 7) is 0. The fourth-order valence-electron chi connectivity index (χ4n) is 1.92. The molecule has 0 fully saturated rings. The molecule has 0 bridgehead atoms. The van der Waals surface area contributed by atoms with Crippen LogP contribution in [0.25, 0.3) is 16.7 Å². The maximum Gasteiger partial charge on any atom is 0.268 e. The van der Waals surface area contributed by atoms with Crippen molar-refractivity contribution >= 4 is 50.7 Å². The molecule has 100 valence electrons. The van der Waals surface area contributed by atoms with Crippen molar-refractivity contribution in [2.75, 3.05) is 0 Å². The van der Waals surface area contributed by atoms with Crippen LogP contribution in [-0.2, 0) is 0 Å². The van der Waals surface area contributed by atoms with Crippen molar-refractivity contribution < 1.29 is 0 Å². The summed E-state index contributed by atoms with van der Waals surface area (Å²) in [6, 6.07) is 8.68. The van der Waals surface area contributed by atoms with Gasteiger partial charge in [0.2, 0.25) is 0 Å². The van der Waals surface area contributed by atoms with Crippen molar-refractivity contribution in [3.05, 3.63) is 61.1 Å². The number of fused-ring (bicyclic) bond motifs is 1. The summed E-state index contributed by atoms with van der Waals surface area (Å²) in [6.07, 6.45) is 1.56. The summed E-state index contributed by atoms with van der Waals surface area (Å²) < 4.78 is 2.42. The van der Waals surface area contributed by atoms with Gasteiger partial charge in [0.1, 0.15) is 0 Å². The number of hydrogen-bond donors (Lipinski definition) is 1. The second kappa shape index (κ2) is 5.12. The molecule has 0 amide bonds. The van der Waals surface area contributed by atoms with E-state index in [9.17, 15) is 4.79 Å². The molecule has 0 unspecified atom stereocenters. The highest BCUT2D eigenvalue weighted by atomic mass is 79.9. The predicted molar refractivity (Wildman–Crippen MR) is 85.2 cm³/mol. The van der Waals surface area contributed by atoms with E-state index < -0.39 is 0 Å². The smallest absolute Gasteiger partial charge is 0.268 e. The highest BCUT2D eigenvalue weighted by Crippen LogP contribution is 2.19. The van der Waals surface area contributed by atoms with Gasteiger partial charge in [-0.25, -0.2) is 9.55 Å². The van der Waals surface area contributed by atoms with E-state index in [4.69, 9.17) is 23.8 Å². The average Bonchev–Trinajstić information content (AvgIpc) is 2.40. The molecule has 2 aromatic heterocycles. The van der Waals surface area contributed by atoms with E-state index in [0.29, 0.717) is 21.7 Å². The first-order valence-electron chi connectivity index (χ1n) is 5.63. The van der Waals surface area contributed by atoms with Crippen molar-refractivity contribution in [2.24, 2.45) is 0 Å². The maximum atomic E-state index is 12.6. The summed E-state index contributed by atoms with van der Waals surface area (Å²) in [5, 5.41) is 0.883. The summed E-state index contributed by atoms with van der Waals surface area (Å²) in [4.78, 5) is 19.7. The van der Waals surface area contributed by atoms with Gasteiger partial charge in [-0.05, 0) is 42.5 Å². The molecule has 0 aliphatic heterocycles. The molecule has 3 aromatic rings. The standard InChI is InChI=1S/C13H7BrClN3OS/c14-7-3-4-8-10(6-7)17-13(20)18(12(8)19)11-9(15)2-1-5-16-11/h1-6H,(H,17,20). The highest BCUT2D eigenvalue weighted by molar-refractivity contribution is 9.10. The van der Waals surface area contributed by atoms with Gasteiger partial charge >= 0.3 is 0 Å². The Labute approximate surface area is 132 Å². The second-order valence-electron chi connectivity index (χ2n) is 4.07. The maximum absolute atomic E-state index is 12.6. The Morgan fingerprint density at radius 2 is 2.15 bits per heavy atom.